The van der Waals surface area contributed by atoms with Crippen LogP contribution in [0.3, 0.4) is 0 Å². The maximum absolute atomic E-state index is 13.4. The molecule has 6 nitrogen and oxygen atoms in total. The first-order valence-electron chi connectivity index (χ1n) is 13.0. The van der Waals surface area contributed by atoms with E-state index in [1.54, 1.807) is 54.6 Å². The number of Topliss-reactive ketones (excluding diaryl/α,β-unsaturated/α-hetero) is 1. The van der Waals surface area contributed by atoms with Crippen molar-refractivity contribution in [3.63, 3.8) is 0 Å². The number of amides is 2. The Morgan fingerprint density at radius 2 is 1.38 bits per heavy atom. The van der Waals surface area contributed by atoms with Crippen LogP contribution in [0, 0.1) is 0 Å². The normalized spacial score (nSPS) is 11.1. The molecule has 0 aliphatic heterocycles. The monoisotopic (exact) mass is 636 g/mol. The minimum absolute atomic E-state index is 0.0208. The minimum Gasteiger partial charge on any atom is -0.457 e. The molecule has 42 heavy (non-hydrogen) atoms. The molecule has 8 heteroatoms. The largest absolute Gasteiger partial charge is 0.457 e. The minimum atomic E-state index is -0.513. The van der Waals surface area contributed by atoms with Crippen LogP contribution in [0.4, 0.5) is 5.69 Å². The number of carbonyl (C=O) groups is 3. The molecule has 0 spiro atoms. The SMILES string of the molecule is O=C(Nc1ccc(SCC(=O)c2ccccc2)cc1)/C(=C/c1ccc(-c2ccc(Br)cc2)o1)NC(=O)c1ccccc1. The number of nitrogens with one attached hydrogen (secondary N) is 2. The quantitative estimate of drug-likeness (QED) is 0.0918. The second kappa shape index (κ2) is 13.8. The molecule has 0 saturated carbocycles. The van der Waals surface area contributed by atoms with Crippen LogP contribution in [0.5, 0.6) is 0 Å². The Morgan fingerprint density at radius 3 is 2.05 bits per heavy atom. The average molecular weight is 638 g/mol. The third-order valence-electron chi connectivity index (χ3n) is 6.15. The Hall–Kier alpha value is -4.66. The van der Waals surface area contributed by atoms with E-state index in [0.29, 0.717) is 34.1 Å². The number of carbonyl (C=O) groups excluding carboxylic acids is 3. The molecule has 4 aromatic carbocycles. The molecular weight excluding hydrogens is 612 g/mol. The lowest BCUT2D eigenvalue weighted by atomic mass is 10.2. The summed E-state index contributed by atoms with van der Waals surface area (Å²) < 4.78 is 6.92. The summed E-state index contributed by atoms with van der Waals surface area (Å²) in [6, 6.07) is 36.2. The van der Waals surface area contributed by atoms with Crippen molar-refractivity contribution >= 4 is 57.1 Å². The van der Waals surface area contributed by atoms with Gasteiger partial charge in [0, 0.05) is 37.8 Å². The van der Waals surface area contributed by atoms with Crippen LogP contribution in [0.25, 0.3) is 17.4 Å². The zero-order valence-electron chi connectivity index (χ0n) is 22.3. The molecule has 208 valence electrons. The number of furan rings is 1. The molecule has 0 bridgehead atoms. The average Bonchev–Trinajstić information content (AvgIpc) is 3.50. The van der Waals surface area contributed by atoms with E-state index in [9.17, 15) is 14.4 Å². The number of benzene rings is 4. The van der Waals surface area contributed by atoms with Crippen molar-refractivity contribution < 1.29 is 18.8 Å². The maximum atomic E-state index is 13.4. The van der Waals surface area contributed by atoms with Crippen LogP contribution >= 0.6 is 27.7 Å². The number of anilines is 1. The van der Waals surface area contributed by atoms with Crippen LogP contribution in [-0.2, 0) is 4.79 Å². The van der Waals surface area contributed by atoms with E-state index >= 15 is 0 Å². The molecule has 1 heterocycles. The van der Waals surface area contributed by atoms with Gasteiger partial charge in [-0.3, -0.25) is 14.4 Å². The summed E-state index contributed by atoms with van der Waals surface area (Å²) in [5.41, 5.74) is 2.52. The first-order valence-corrected chi connectivity index (χ1v) is 14.8. The van der Waals surface area contributed by atoms with E-state index in [-0.39, 0.29) is 11.5 Å². The Bertz CT molecular complexity index is 1720. The van der Waals surface area contributed by atoms with Gasteiger partial charge < -0.3 is 15.1 Å². The predicted octanol–water partition coefficient (Wildman–Crippen LogP) is 8.09. The second-order valence-corrected chi connectivity index (χ2v) is 11.1. The van der Waals surface area contributed by atoms with Gasteiger partial charge in [0.2, 0.25) is 0 Å². The van der Waals surface area contributed by atoms with Crippen LogP contribution in [0.2, 0.25) is 0 Å². The van der Waals surface area contributed by atoms with Crippen molar-refractivity contribution in [1.29, 1.82) is 0 Å². The summed E-state index contributed by atoms with van der Waals surface area (Å²) in [4.78, 5) is 39.6. The molecule has 0 saturated heterocycles. The van der Waals surface area contributed by atoms with Crippen molar-refractivity contribution in [2.45, 2.75) is 4.90 Å². The van der Waals surface area contributed by atoms with Gasteiger partial charge in [-0.2, -0.15) is 0 Å². The summed E-state index contributed by atoms with van der Waals surface area (Å²) in [5, 5.41) is 5.56. The summed E-state index contributed by atoms with van der Waals surface area (Å²) in [6.07, 6.45) is 1.50. The van der Waals surface area contributed by atoms with Gasteiger partial charge in [0.1, 0.15) is 17.2 Å². The number of thioether (sulfide) groups is 1. The van der Waals surface area contributed by atoms with Crippen LogP contribution < -0.4 is 10.6 Å². The van der Waals surface area contributed by atoms with Gasteiger partial charge >= 0.3 is 0 Å². The van der Waals surface area contributed by atoms with Gasteiger partial charge in [0.15, 0.2) is 5.78 Å². The van der Waals surface area contributed by atoms with Gasteiger partial charge in [0.25, 0.3) is 11.8 Å². The molecule has 5 rings (SSSR count). The number of hydrogen-bond donors (Lipinski definition) is 2. The Morgan fingerprint density at radius 1 is 0.738 bits per heavy atom. The first-order chi connectivity index (χ1) is 20.4. The van der Waals surface area contributed by atoms with Crippen molar-refractivity contribution in [2.24, 2.45) is 0 Å². The third-order valence-corrected chi connectivity index (χ3v) is 7.69. The Kier molecular flexibility index (Phi) is 9.48. The summed E-state index contributed by atoms with van der Waals surface area (Å²) in [5.74, 6) is 0.442. The van der Waals surface area contributed by atoms with E-state index in [2.05, 4.69) is 26.6 Å². The molecule has 0 radical (unpaired) electrons. The first kappa shape index (κ1) is 28.9. The summed E-state index contributed by atoms with van der Waals surface area (Å²) in [7, 11) is 0. The van der Waals surface area contributed by atoms with Crippen LogP contribution in [0.15, 0.2) is 141 Å². The molecule has 5 aromatic rings. The van der Waals surface area contributed by atoms with Crippen molar-refractivity contribution in [3.8, 4) is 11.3 Å². The van der Waals surface area contributed by atoms with Gasteiger partial charge in [-0.1, -0.05) is 76.6 Å². The highest BCUT2D eigenvalue weighted by molar-refractivity contribution is 9.10. The molecule has 0 atom stereocenters. The van der Waals surface area contributed by atoms with Crippen molar-refractivity contribution in [1.82, 2.24) is 5.32 Å². The molecular formula is C34H25BrN2O4S. The molecule has 2 amide bonds. The molecule has 0 fully saturated rings. The fraction of sp³-hybridized carbons (Fsp3) is 0.0294. The number of ketones is 1. The Balaban J connectivity index is 1.30. The second-order valence-electron chi connectivity index (χ2n) is 9.14. The van der Waals surface area contributed by atoms with E-state index in [1.165, 1.54) is 17.8 Å². The maximum Gasteiger partial charge on any atom is 0.272 e. The molecule has 0 aliphatic rings. The van der Waals surface area contributed by atoms with Crippen LogP contribution in [0.1, 0.15) is 26.5 Å². The highest BCUT2D eigenvalue weighted by Crippen LogP contribution is 2.26. The van der Waals surface area contributed by atoms with Crippen LogP contribution in [-0.4, -0.2) is 23.4 Å². The smallest absolute Gasteiger partial charge is 0.272 e. The van der Waals surface area contributed by atoms with E-state index in [0.717, 1.165) is 14.9 Å². The zero-order valence-corrected chi connectivity index (χ0v) is 24.7. The van der Waals surface area contributed by atoms with Crippen molar-refractivity contribution in [3.05, 3.63) is 148 Å². The zero-order chi connectivity index (χ0) is 29.3. The van der Waals surface area contributed by atoms with Gasteiger partial charge in [-0.25, -0.2) is 0 Å². The third kappa shape index (κ3) is 7.75. The topological polar surface area (TPSA) is 88.4 Å². The lowest BCUT2D eigenvalue weighted by molar-refractivity contribution is -0.113. The summed E-state index contributed by atoms with van der Waals surface area (Å²) >= 11 is 4.85. The highest BCUT2D eigenvalue weighted by atomic mass is 79.9. The fourth-order valence-corrected chi connectivity index (χ4v) is 5.03. The van der Waals surface area contributed by atoms with Gasteiger partial charge in [0.05, 0.1) is 5.75 Å². The molecule has 0 aliphatic carbocycles. The predicted molar refractivity (Wildman–Crippen MR) is 170 cm³/mol. The number of rotatable bonds is 10. The van der Waals surface area contributed by atoms with E-state index in [4.69, 9.17) is 4.42 Å². The van der Waals surface area contributed by atoms with E-state index in [1.807, 2.05) is 66.7 Å². The fourth-order valence-electron chi connectivity index (χ4n) is 3.97. The highest BCUT2D eigenvalue weighted by Gasteiger charge is 2.16. The van der Waals surface area contributed by atoms with Gasteiger partial charge in [-0.15, -0.1) is 11.8 Å². The van der Waals surface area contributed by atoms with Crippen molar-refractivity contribution in [2.75, 3.05) is 11.1 Å². The summed E-state index contributed by atoms with van der Waals surface area (Å²) in [6.45, 7) is 0. The van der Waals surface area contributed by atoms with Gasteiger partial charge in [-0.05, 0) is 60.7 Å². The molecule has 2 N–H and O–H groups in total. The molecule has 0 unspecified atom stereocenters. The Labute approximate surface area is 256 Å². The lowest BCUT2D eigenvalue weighted by Gasteiger charge is -2.11. The standard InChI is InChI=1S/C34H25BrN2O4S/c35-26-13-11-24(12-14-26)32-20-17-28(41-32)21-30(37-33(39)25-9-5-2-6-10-25)34(40)36-27-15-18-29(19-16-27)42-22-31(38)23-7-3-1-4-8-23/h1-21H,22H2,(H,36,40)(H,37,39)/b30-21-. The lowest BCUT2D eigenvalue weighted by Crippen LogP contribution is -2.30. The van der Waals surface area contributed by atoms with E-state index < -0.39 is 11.8 Å². The number of hydrogen-bond acceptors (Lipinski definition) is 5. The molecule has 1 aromatic heterocycles. The number of halogens is 1.